The van der Waals surface area contributed by atoms with Gasteiger partial charge in [0.25, 0.3) is 0 Å². The van der Waals surface area contributed by atoms with Crippen molar-refractivity contribution in [3.8, 4) is 5.75 Å². The Labute approximate surface area is 200 Å². The molecule has 0 bridgehead atoms. The molecule has 4 aromatic rings. The largest absolute Gasteiger partial charge is 0.468 e. The number of ether oxygens (including phenoxy) is 1. The lowest BCUT2D eigenvalue weighted by Crippen LogP contribution is -2.02. The van der Waals surface area contributed by atoms with Gasteiger partial charge >= 0.3 is 0 Å². The van der Waals surface area contributed by atoms with Crippen molar-refractivity contribution in [2.75, 3.05) is 6.79 Å². The molecular formula is C29H31NO4. The molecule has 1 aromatic heterocycles. The number of nitrogens with zero attached hydrogens (tertiary/aromatic N) is 1. The van der Waals surface area contributed by atoms with Gasteiger partial charge in [0.1, 0.15) is 5.75 Å². The Morgan fingerprint density at radius 3 is 2.03 bits per heavy atom. The van der Waals surface area contributed by atoms with E-state index in [1.54, 1.807) is 24.3 Å². The number of ketones is 2. The number of aliphatic hydroxyl groups is 1. The van der Waals surface area contributed by atoms with Gasteiger partial charge < -0.3 is 14.4 Å². The van der Waals surface area contributed by atoms with E-state index in [0.29, 0.717) is 23.3 Å². The summed E-state index contributed by atoms with van der Waals surface area (Å²) in [5.41, 5.74) is 3.99. The molecular weight excluding hydrogens is 426 g/mol. The Bertz CT molecular complexity index is 1320. The molecule has 5 nitrogen and oxygen atoms in total. The van der Waals surface area contributed by atoms with Gasteiger partial charge in [-0.2, -0.15) is 0 Å². The molecule has 4 rings (SSSR count). The van der Waals surface area contributed by atoms with E-state index in [2.05, 4.69) is 18.4 Å². The van der Waals surface area contributed by atoms with E-state index < -0.39 is 6.79 Å². The van der Waals surface area contributed by atoms with E-state index in [0.717, 1.165) is 59.6 Å². The highest BCUT2D eigenvalue weighted by Gasteiger charge is 2.16. The first-order valence-corrected chi connectivity index (χ1v) is 12.0. The molecule has 0 unspecified atom stereocenters. The summed E-state index contributed by atoms with van der Waals surface area (Å²) in [6.45, 7) is 4.65. The fourth-order valence-corrected chi connectivity index (χ4v) is 4.56. The molecule has 0 saturated carbocycles. The molecule has 0 aliphatic heterocycles. The summed E-state index contributed by atoms with van der Waals surface area (Å²) in [4.78, 5) is 26.0. The SMILES string of the molecule is CCCCCCC(=O)c1ccc2c(c1)c1cc(C(=O)c3ccc(OCO)cc3)ccc1n2CC. The van der Waals surface area contributed by atoms with Crippen molar-refractivity contribution in [3.05, 3.63) is 77.4 Å². The average molecular weight is 458 g/mol. The lowest BCUT2D eigenvalue weighted by molar-refractivity contribution is 0.0974. The van der Waals surface area contributed by atoms with Crippen LogP contribution in [0, 0.1) is 0 Å². The molecule has 1 N–H and O–H groups in total. The third-order valence-corrected chi connectivity index (χ3v) is 6.37. The number of carbonyl (C=O) groups is 2. The van der Waals surface area contributed by atoms with Crippen molar-refractivity contribution in [1.29, 1.82) is 0 Å². The van der Waals surface area contributed by atoms with Crippen LogP contribution in [0.2, 0.25) is 0 Å². The number of aryl methyl sites for hydroxylation is 1. The van der Waals surface area contributed by atoms with Crippen molar-refractivity contribution in [2.45, 2.75) is 52.5 Å². The number of rotatable bonds is 11. The predicted octanol–water partition coefficient (Wildman–Crippen LogP) is 6.53. The minimum atomic E-state index is -0.408. The second-order valence-corrected chi connectivity index (χ2v) is 8.57. The first-order chi connectivity index (χ1) is 16.6. The van der Waals surface area contributed by atoms with Gasteiger partial charge in [0.2, 0.25) is 0 Å². The number of hydrogen-bond acceptors (Lipinski definition) is 4. The van der Waals surface area contributed by atoms with Crippen molar-refractivity contribution >= 4 is 33.4 Å². The molecule has 0 spiro atoms. The van der Waals surface area contributed by atoms with E-state index >= 15 is 0 Å². The van der Waals surface area contributed by atoms with E-state index in [1.165, 1.54) is 0 Å². The number of benzene rings is 3. The van der Waals surface area contributed by atoms with Gasteiger partial charge in [-0.3, -0.25) is 9.59 Å². The van der Waals surface area contributed by atoms with Crippen molar-refractivity contribution in [2.24, 2.45) is 0 Å². The van der Waals surface area contributed by atoms with Crippen LogP contribution in [0.25, 0.3) is 21.8 Å². The Hall–Kier alpha value is -3.44. The van der Waals surface area contributed by atoms with E-state index in [-0.39, 0.29) is 11.6 Å². The summed E-state index contributed by atoms with van der Waals surface area (Å²) in [6, 6.07) is 18.4. The second-order valence-electron chi connectivity index (χ2n) is 8.57. The van der Waals surface area contributed by atoms with E-state index in [1.807, 2.05) is 36.4 Å². The number of carbonyl (C=O) groups excluding carboxylic acids is 2. The topological polar surface area (TPSA) is 68.5 Å². The summed E-state index contributed by atoms with van der Waals surface area (Å²) >= 11 is 0. The number of Topliss-reactive ketones (excluding diaryl/α,β-unsaturated/α-hetero) is 1. The minimum Gasteiger partial charge on any atom is -0.468 e. The van der Waals surface area contributed by atoms with Crippen LogP contribution < -0.4 is 4.74 Å². The quantitative estimate of drug-likeness (QED) is 0.158. The molecule has 0 aliphatic rings. The van der Waals surface area contributed by atoms with E-state index in [4.69, 9.17) is 9.84 Å². The molecule has 0 radical (unpaired) electrons. The summed E-state index contributed by atoms with van der Waals surface area (Å²) in [5.74, 6) is 0.596. The average Bonchev–Trinajstić information content (AvgIpc) is 3.19. The highest BCUT2D eigenvalue weighted by atomic mass is 16.6. The highest BCUT2D eigenvalue weighted by molar-refractivity contribution is 6.15. The van der Waals surface area contributed by atoms with Gasteiger partial charge in [-0.15, -0.1) is 0 Å². The lowest BCUT2D eigenvalue weighted by atomic mass is 9.99. The first kappa shape index (κ1) is 23.7. The van der Waals surface area contributed by atoms with Gasteiger partial charge in [0.05, 0.1) is 0 Å². The van der Waals surface area contributed by atoms with Gasteiger partial charge in [-0.25, -0.2) is 0 Å². The van der Waals surface area contributed by atoms with Crippen LogP contribution in [0.15, 0.2) is 60.7 Å². The first-order valence-electron chi connectivity index (χ1n) is 12.0. The van der Waals surface area contributed by atoms with Crippen molar-refractivity contribution in [3.63, 3.8) is 0 Å². The van der Waals surface area contributed by atoms with Gasteiger partial charge in [-0.1, -0.05) is 26.2 Å². The number of aromatic nitrogens is 1. The Kier molecular flexibility index (Phi) is 7.43. The number of fused-ring (bicyclic) bond motifs is 3. The molecule has 1 heterocycles. The Morgan fingerprint density at radius 1 is 0.794 bits per heavy atom. The number of hydrogen-bond donors (Lipinski definition) is 1. The zero-order chi connectivity index (χ0) is 24.1. The van der Waals surface area contributed by atoms with Crippen LogP contribution in [-0.2, 0) is 6.54 Å². The number of aliphatic hydroxyl groups excluding tert-OH is 1. The van der Waals surface area contributed by atoms with E-state index in [9.17, 15) is 9.59 Å². The monoisotopic (exact) mass is 457 g/mol. The predicted molar refractivity (Wildman–Crippen MR) is 136 cm³/mol. The van der Waals surface area contributed by atoms with Crippen molar-refractivity contribution in [1.82, 2.24) is 4.57 Å². The fourth-order valence-electron chi connectivity index (χ4n) is 4.56. The molecule has 0 atom stereocenters. The molecule has 5 heteroatoms. The van der Waals surface area contributed by atoms with Gasteiger partial charge in [0.15, 0.2) is 18.4 Å². The smallest absolute Gasteiger partial charge is 0.193 e. The molecule has 0 aliphatic carbocycles. The van der Waals surface area contributed by atoms with Crippen LogP contribution in [0.1, 0.15) is 72.2 Å². The lowest BCUT2D eigenvalue weighted by Gasteiger charge is -2.06. The van der Waals surface area contributed by atoms with Gasteiger partial charge in [0, 0.05) is 51.5 Å². The standard InChI is InChI=1S/C29H31NO4/c1-3-5-6-7-8-28(32)21-11-15-26-24(17-21)25-18-22(12-16-27(25)30(26)4-2)29(33)20-9-13-23(14-10-20)34-19-31/h9-18,31H,3-8,19H2,1-2H3. The fraction of sp³-hybridized carbons (Fsp3) is 0.310. The molecule has 0 saturated heterocycles. The Morgan fingerprint density at radius 2 is 1.41 bits per heavy atom. The molecule has 176 valence electrons. The molecule has 0 fully saturated rings. The maximum atomic E-state index is 13.2. The molecule has 3 aromatic carbocycles. The zero-order valence-electron chi connectivity index (χ0n) is 19.8. The molecule has 34 heavy (non-hydrogen) atoms. The summed E-state index contributed by atoms with van der Waals surface area (Å²) < 4.78 is 7.27. The minimum absolute atomic E-state index is 0.0852. The summed E-state index contributed by atoms with van der Waals surface area (Å²) in [7, 11) is 0. The van der Waals surface area contributed by atoms with Crippen LogP contribution >= 0.6 is 0 Å². The summed E-state index contributed by atoms with van der Waals surface area (Å²) in [5, 5.41) is 10.9. The highest BCUT2D eigenvalue weighted by Crippen LogP contribution is 2.32. The summed E-state index contributed by atoms with van der Waals surface area (Å²) in [6.07, 6.45) is 4.88. The maximum absolute atomic E-state index is 13.2. The van der Waals surface area contributed by atoms with Gasteiger partial charge in [-0.05, 0) is 74.0 Å². The van der Waals surface area contributed by atoms with Crippen LogP contribution in [-0.4, -0.2) is 28.0 Å². The van der Waals surface area contributed by atoms with Crippen LogP contribution in [0.3, 0.4) is 0 Å². The number of unbranched alkanes of at least 4 members (excludes halogenated alkanes) is 3. The van der Waals surface area contributed by atoms with Crippen LogP contribution in [0.4, 0.5) is 0 Å². The van der Waals surface area contributed by atoms with Crippen molar-refractivity contribution < 1.29 is 19.4 Å². The Balaban J connectivity index is 1.70. The normalized spacial score (nSPS) is 11.3. The third-order valence-electron chi connectivity index (χ3n) is 6.37. The third kappa shape index (κ3) is 4.75. The zero-order valence-corrected chi connectivity index (χ0v) is 19.8. The maximum Gasteiger partial charge on any atom is 0.193 e. The van der Waals surface area contributed by atoms with Crippen LogP contribution in [0.5, 0.6) is 5.75 Å². The molecule has 0 amide bonds. The second kappa shape index (κ2) is 10.7.